The minimum absolute atomic E-state index is 0.248. The third-order valence-electron chi connectivity index (χ3n) is 4.57. The molecule has 0 spiro atoms. The van der Waals surface area contributed by atoms with Crippen LogP contribution in [0.15, 0.2) is 53.4 Å². The smallest absolute Gasteiger partial charge is 0.341 e. The average molecular weight is 489 g/mol. The number of carboxylic acid groups (broad SMARTS) is 1. The molecule has 2 N–H and O–H groups in total. The highest BCUT2D eigenvalue weighted by molar-refractivity contribution is 7.85. The van der Waals surface area contributed by atoms with Gasteiger partial charge in [-0.2, -0.15) is 8.42 Å². The molecule has 4 aromatic rings. The van der Waals surface area contributed by atoms with Crippen LogP contribution >= 0.6 is 11.3 Å². The van der Waals surface area contributed by atoms with Gasteiger partial charge in [0.15, 0.2) is 12.3 Å². The summed E-state index contributed by atoms with van der Waals surface area (Å²) in [5.41, 5.74) is 1.89. The van der Waals surface area contributed by atoms with Gasteiger partial charge in [-0.05, 0) is 66.2 Å². The van der Waals surface area contributed by atoms with E-state index >= 15 is 0 Å². The molecule has 0 unspecified atom stereocenters. The maximum atomic E-state index is 11.4. The predicted octanol–water partition coefficient (Wildman–Crippen LogP) is 1.99. The molecule has 2 aromatic heterocycles. The molecule has 33 heavy (non-hydrogen) atoms. The van der Waals surface area contributed by atoms with Crippen molar-refractivity contribution in [2.75, 3.05) is 6.61 Å². The highest BCUT2D eigenvalue weighted by Gasteiger charge is 2.26. The molecule has 0 aliphatic rings. The zero-order valence-corrected chi connectivity index (χ0v) is 19.0. The summed E-state index contributed by atoms with van der Waals surface area (Å²) in [6.07, 6.45) is 0. The van der Waals surface area contributed by atoms with Crippen LogP contribution in [0.1, 0.15) is 10.6 Å². The Morgan fingerprint density at radius 2 is 1.91 bits per heavy atom. The molecule has 0 aliphatic carbocycles. The Labute approximate surface area is 192 Å². The molecule has 0 atom stereocenters. The summed E-state index contributed by atoms with van der Waals surface area (Å²) in [6.45, 7) is 3.33. The van der Waals surface area contributed by atoms with E-state index in [4.69, 9.17) is 9.84 Å². The third-order valence-corrected chi connectivity index (χ3v) is 6.47. The van der Waals surface area contributed by atoms with E-state index in [1.165, 1.54) is 45.2 Å². The van der Waals surface area contributed by atoms with Crippen LogP contribution in [0.25, 0.3) is 22.2 Å². The fourth-order valence-corrected chi connectivity index (χ4v) is 4.18. The lowest BCUT2D eigenvalue weighted by Crippen LogP contribution is -2.43. The average Bonchev–Trinajstić information content (AvgIpc) is 3.36. The number of nitrogens with zero attached hydrogens (tertiary/aromatic N) is 5. The van der Waals surface area contributed by atoms with E-state index in [2.05, 4.69) is 15.2 Å². The molecule has 4 rings (SSSR count). The van der Waals surface area contributed by atoms with Crippen LogP contribution in [-0.4, -0.2) is 50.6 Å². The molecule has 0 radical (unpaired) electrons. The number of ether oxygens (including phenoxy) is 1. The number of carboxylic acids is 1. The van der Waals surface area contributed by atoms with Crippen LogP contribution in [0.3, 0.4) is 0 Å². The van der Waals surface area contributed by atoms with Crippen molar-refractivity contribution < 1.29 is 32.4 Å². The molecule has 0 saturated carbocycles. The second-order valence-corrected chi connectivity index (χ2v) is 9.52. The molecule has 0 amide bonds. The Balaban J connectivity index is 1.81. The fourth-order valence-electron chi connectivity index (χ4n) is 2.85. The van der Waals surface area contributed by atoms with Crippen LogP contribution < -0.4 is 9.53 Å². The number of aromatic nitrogens is 5. The number of tetrazole rings is 1. The van der Waals surface area contributed by atoms with Gasteiger partial charge in [0, 0.05) is 9.67 Å². The molecule has 0 fully saturated rings. The van der Waals surface area contributed by atoms with Crippen LogP contribution in [0.2, 0.25) is 0 Å². The predicted molar refractivity (Wildman–Crippen MR) is 116 cm³/mol. The lowest BCUT2D eigenvalue weighted by Gasteiger charge is -2.02. The quantitative estimate of drug-likeness (QED) is 0.294. The Hall–Kier alpha value is -3.68. The van der Waals surface area contributed by atoms with Crippen molar-refractivity contribution in [2.24, 2.45) is 0 Å². The fraction of sp³-hybridized carbons (Fsp3) is 0.150. The van der Waals surface area contributed by atoms with Crippen molar-refractivity contribution in [3.63, 3.8) is 0 Å². The van der Waals surface area contributed by atoms with Gasteiger partial charge in [-0.15, -0.1) is 0 Å². The Morgan fingerprint density at radius 1 is 1.18 bits per heavy atom. The normalized spacial score (nSPS) is 11.5. The number of thiazole rings is 1. The topological polar surface area (TPSA) is 148 Å². The van der Waals surface area contributed by atoms with E-state index in [9.17, 15) is 17.8 Å². The molecule has 13 heteroatoms. The van der Waals surface area contributed by atoms with Crippen molar-refractivity contribution in [3.8, 4) is 28.0 Å². The Morgan fingerprint density at radius 3 is 2.52 bits per heavy atom. The van der Waals surface area contributed by atoms with Gasteiger partial charge in [0.05, 0.1) is 21.3 Å². The Bertz CT molecular complexity index is 1420. The van der Waals surface area contributed by atoms with Crippen molar-refractivity contribution in [2.45, 2.75) is 18.7 Å². The molecule has 170 valence electrons. The summed E-state index contributed by atoms with van der Waals surface area (Å²) in [4.78, 5) is 19.0. The highest BCUT2D eigenvalue weighted by Crippen LogP contribution is 2.23. The standard InChI is InChI=1S/C20H17N5O6S2/c1-12-13(2)32-20(21-12)25-23-19(14-4-3-5-16(10-14)31-11-18(26)27)22-24(25)15-6-8-17(9-7-15)33(28,29)30/h3-10H,11H2,1-2H3,(H-,26,27,28,29,30)/p+1. The van der Waals surface area contributed by atoms with Gasteiger partial charge in [-0.25, -0.2) is 9.78 Å². The summed E-state index contributed by atoms with van der Waals surface area (Å²) >= 11 is 1.41. The van der Waals surface area contributed by atoms with Gasteiger partial charge in [0.1, 0.15) is 5.75 Å². The number of aliphatic carboxylic acids is 1. The van der Waals surface area contributed by atoms with Crippen molar-refractivity contribution in [1.82, 2.24) is 20.0 Å². The van der Waals surface area contributed by atoms with E-state index in [1.807, 2.05) is 13.8 Å². The third kappa shape index (κ3) is 4.89. The summed E-state index contributed by atoms with van der Waals surface area (Å²) < 4.78 is 37.3. The van der Waals surface area contributed by atoms with E-state index in [1.54, 1.807) is 24.3 Å². The maximum Gasteiger partial charge on any atom is 0.341 e. The van der Waals surface area contributed by atoms with Gasteiger partial charge in [-0.3, -0.25) is 4.55 Å². The van der Waals surface area contributed by atoms with E-state index in [0.29, 0.717) is 28.0 Å². The maximum absolute atomic E-state index is 11.4. The zero-order valence-electron chi connectivity index (χ0n) is 17.4. The molecule has 0 bridgehead atoms. The van der Waals surface area contributed by atoms with E-state index < -0.39 is 22.7 Å². The van der Waals surface area contributed by atoms with Gasteiger partial charge in [0.25, 0.3) is 15.2 Å². The minimum atomic E-state index is -4.34. The van der Waals surface area contributed by atoms with Crippen LogP contribution in [0.4, 0.5) is 0 Å². The number of carbonyl (C=O) groups is 1. The second kappa shape index (κ2) is 8.69. The van der Waals surface area contributed by atoms with Gasteiger partial charge >= 0.3 is 11.8 Å². The number of rotatable bonds is 7. The molecule has 0 aliphatic heterocycles. The number of hydrogen-bond donors (Lipinski definition) is 2. The van der Waals surface area contributed by atoms with E-state index in [-0.39, 0.29) is 4.90 Å². The lowest BCUT2D eigenvalue weighted by atomic mass is 10.2. The number of aryl methyl sites for hydroxylation is 2. The van der Waals surface area contributed by atoms with E-state index in [0.717, 1.165) is 10.6 Å². The monoisotopic (exact) mass is 488 g/mol. The number of hydrogen-bond acceptors (Lipinski definition) is 8. The molecule has 11 nitrogen and oxygen atoms in total. The van der Waals surface area contributed by atoms with Crippen LogP contribution in [-0.2, 0) is 14.9 Å². The largest absolute Gasteiger partial charge is 0.482 e. The summed E-state index contributed by atoms with van der Waals surface area (Å²) in [6, 6.07) is 12.2. The first-order valence-electron chi connectivity index (χ1n) is 9.49. The Kier molecular flexibility index (Phi) is 5.93. The highest BCUT2D eigenvalue weighted by atomic mass is 32.2. The second-order valence-electron chi connectivity index (χ2n) is 6.92. The zero-order chi connectivity index (χ0) is 23.8. The van der Waals surface area contributed by atoms with Gasteiger partial charge < -0.3 is 9.84 Å². The summed E-state index contributed by atoms with van der Waals surface area (Å²) in [7, 11) is -4.34. The van der Waals surface area contributed by atoms with Gasteiger partial charge in [0.2, 0.25) is 0 Å². The molecular formula is C20H18N5O6S2+. The van der Waals surface area contributed by atoms with Crippen molar-refractivity contribution in [1.29, 1.82) is 0 Å². The van der Waals surface area contributed by atoms with Gasteiger partial charge in [-0.1, -0.05) is 17.4 Å². The molecule has 0 saturated heterocycles. The summed E-state index contributed by atoms with van der Waals surface area (Å²) in [5.74, 6) is -0.445. The number of benzene rings is 2. The molecule has 2 heterocycles. The lowest BCUT2D eigenvalue weighted by molar-refractivity contribution is -0.734. The van der Waals surface area contributed by atoms with Crippen molar-refractivity contribution >= 4 is 27.4 Å². The first-order chi connectivity index (χ1) is 15.6. The summed E-state index contributed by atoms with van der Waals surface area (Å²) in [5, 5.41) is 18.5. The van der Waals surface area contributed by atoms with Crippen molar-refractivity contribution in [3.05, 3.63) is 59.1 Å². The first-order valence-corrected chi connectivity index (χ1v) is 11.7. The SMILES string of the molecule is Cc1nc(-n2nc(-c3cccc(OCC(=O)O)c3)n[n+]2-c2ccc(S(=O)(=O)O)cc2)sc1C. The first kappa shape index (κ1) is 22.5. The van der Waals surface area contributed by atoms with Crippen LogP contribution in [0, 0.1) is 13.8 Å². The molecular weight excluding hydrogens is 470 g/mol. The minimum Gasteiger partial charge on any atom is -0.482 e. The molecule has 2 aromatic carbocycles. The van der Waals surface area contributed by atoms with Crippen LogP contribution in [0.5, 0.6) is 5.75 Å².